The Morgan fingerprint density at radius 2 is 1.67 bits per heavy atom. The van der Waals surface area contributed by atoms with Crippen LogP contribution in [0.15, 0.2) is 54.6 Å². The fourth-order valence-electron chi connectivity index (χ4n) is 8.42. The number of nitrogens with one attached hydrogen (secondary N) is 1. The lowest BCUT2D eigenvalue weighted by Crippen LogP contribution is -2.54. The molecule has 336 valence electrons. The van der Waals surface area contributed by atoms with Gasteiger partial charge in [-0.3, -0.25) is 44.0 Å². The molecule has 0 aromatic heterocycles. The molecule has 0 spiro atoms. The van der Waals surface area contributed by atoms with Gasteiger partial charge in [0.05, 0.1) is 56.3 Å². The number of aliphatic hydroxyl groups is 1. The number of rotatable bonds is 20. The molecule has 4 heterocycles. The molecule has 3 N–H and O–H groups in total. The van der Waals surface area contributed by atoms with Crippen molar-refractivity contribution in [3.05, 3.63) is 87.4 Å². The number of nitrogens with zero attached hydrogens (tertiary/aromatic N) is 4. The lowest BCUT2D eigenvalue weighted by Gasteiger charge is -2.36. The number of ether oxygens (including phenoxy) is 4. The molecule has 7 rings (SSSR count). The van der Waals surface area contributed by atoms with E-state index in [1.807, 2.05) is 25.1 Å². The molecule has 0 bridgehead atoms. The summed E-state index contributed by atoms with van der Waals surface area (Å²) in [5.41, 5.74) is 2.88. The molecular weight excluding hydrogens is 834 g/mol. The Morgan fingerprint density at radius 3 is 2.41 bits per heavy atom. The number of aliphatic hydroxyl groups excluding tert-OH is 1. The molecule has 4 aliphatic rings. The third-order valence-electron chi connectivity index (χ3n) is 11.8. The molecule has 16 nitrogen and oxygen atoms in total. The highest BCUT2D eigenvalue weighted by molar-refractivity contribution is 6.32. The van der Waals surface area contributed by atoms with Gasteiger partial charge in [-0.25, -0.2) is 0 Å². The van der Waals surface area contributed by atoms with Crippen LogP contribution in [0.1, 0.15) is 74.8 Å². The lowest BCUT2D eigenvalue weighted by atomic mass is 10.0. The second-order valence-corrected chi connectivity index (χ2v) is 16.2. The maximum atomic E-state index is 13.3. The minimum Gasteiger partial charge on any atom is -0.507 e. The molecular formula is C46H54ClN5O11. The second-order valence-electron chi connectivity index (χ2n) is 15.8. The van der Waals surface area contributed by atoms with E-state index in [4.69, 9.17) is 30.5 Å². The molecule has 4 aliphatic heterocycles. The number of allylic oxidation sites excluding steroid dienone is 1. The van der Waals surface area contributed by atoms with Crippen molar-refractivity contribution >= 4 is 52.8 Å². The van der Waals surface area contributed by atoms with Gasteiger partial charge in [-0.1, -0.05) is 23.7 Å². The fraction of sp³-hybridized carbons (Fsp3) is 0.457. The smallest absolute Gasteiger partial charge is 0.266 e. The summed E-state index contributed by atoms with van der Waals surface area (Å²) in [7, 11) is 0. The van der Waals surface area contributed by atoms with Gasteiger partial charge in [0, 0.05) is 74.1 Å². The van der Waals surface area contributed by atoms with Crippen molar-refractivity contribution in [1.82, 2.24) is 20.0 Å². The Hall–Kier alpha value is -5.36. The number of phenolic OH excluding ortho intramolecular Hbond substituents is 1. The molecule has 0 saturated carbocycles. The second kappa shape index (κ2) is 21.3. The number of hydrogen-bond donors (Lipinski definition) is 3. The van der Waals surface area contributed by atoms with E-state index in [9.17, 15) is 34.2 Å². The van der Waals surface area contributed by atoms with Crippen molar-refractivity contribution in [3.8, 4) is 17.2 Å². The molecule has 3 fully saturated rings. The zero-order valence-electron chi connectivity index (χ0n) is 35.4. The van der Waals surface area contributed by atoms with Gasteiger partial charge >= 0.3 is 0 Å². The van der Waals surface area contributed by atoms with E-state index < -0.39 is 29.7 Å². The van der Waals surface area contributed by atoms with Crippen LogP contribution >= 0.6 is 11.6 Å². The normalized spacial score (nSPS) is 19.6. The number of hydrogen-bond acceptors (Lipinski definition) is 14. The zero-order chi connectivity index (χ0) is 44.5. The Labute approximate surface area is 371 Å². The quantitative estimate of drug-likeness (QED) is 0.0641. The Morgan fingerprint density at radius 1 is 0.889 bits per heavy atom. The van der Waals surface area contributed by atoms with Crippen LogP contribution in [-0.2, 0) is 25.6 Å². The molecule has 3 aromatic carbocycles. The maximum absolute atomic E-state index is 13.3. The molecule has 0 radical (unpaired) electrons. The Balaban J connectivity index is 0.796. The number of anilines is 1. The minimum atomic E-state index is -1.05. The van der Waals surface area contributed by atoms with Gasteiger partial charge in [-0.2, -0.15) is 0 Å². The molecule has 0 aliphatic carbocycles. The number of halogens is 1. The number of phenols is 1. The first-order valence-corrected chi connectivity index (χ1v) is 21.9. The van der Waals surface area contributed by atoms with Crippen LogP contribution in [0.5, 0.6) is 17.2 Å². The van der Waals surface area contributed by atoms with E-state index >= 15 is 0 Å². The molecule has 2 atom stereocenters. The third-order valence-corrected chi connectivity index (χ3v) is 12.1. The van der Waals surface area contributed by atoms with E-state index in [2.05, 4.69) is 20.0 Å². The van der Waals surface area contributed by atoms with Gasteiger partial charge in [-0.05, 0) is 80.8 Å². The number of piperidine rings is 1. The SMILES string of the molecule is CCOc1cc(O)c(C(=O)/C=C/c2ccc(N3CCN(CCOCCOCCOc4cccc5c4C(=O)N(C4CCC(=O)NC4=O)C5=O)CC3)cc2Cl)cc1CN1CCC[C@@H]1CO. The number of benzene rings is 3. The maximum Gasteiger partial charge on any atom is 0.266 e. The van der Waals surface area contributed by atoms with E-state index in [1.54, 1.807) is 24.3 Å². The Bertz CT molecular complexity index is 2210. The van der Waals surface area contributed by atoms with E-state index in [0.717, 1.165) is 68.3 Å². The number of fused-ring (bicyclic) bond motifs is 1. The molecule has 63 heavy (non-hydrogen) atoms. The molecule has 4 amide bonds. The van der Waals surface area contributed by atoms with Gasteiger partial charge in [0.15, 0.2) is 5.78 Å². The molecule has 1 unspecified atom stereocenters. The van der Waals surface area contributed by atoms with E-state index in [-0.39, 0.29) is 72.7 Å². The number of carbonyl (C=O) groups excluding carboxylic acids is 5. The molecule has 17 heteroatoms. The largest absolute Gasteiger partial charge is 0.507 e. The first kappa shape index (κ1) is 45.7. The summed E-state index contributed by atoms with van der Waals surface area (Å²) in [6, 6.07) is 12.7. The first-order chi connectivity index (χ1) is 30.6. The average molecular weight is 888 g/mol. The van der Waals surface area contributed by atoms with Crippen LogP contribution in [0.3, 0.4) is 0 Å². The first-order valence-electron chi connectivity index (χ1n) is 21.5. The van der Waals surface area contributed by atoms with Crippen LogP contribution in [0, 0.1) is 0 Å². The summed E-state index contributed by atoms with van der Waals surface area (Å²) in [5, 5.41) is 23.3. The fourth-order valence-corrected chi connectivity index (χ4v) is 8.65. The monoisotopic (exact) mass is 887 g/mol. The number of piperazine rings is 1. The summed E-state index contributed by atoms with van der Waals surface area (Å²) in [4.78, 5) is 71.2. The van der Waals surface area contributed by atoms with E-state index in [1.165, 1.54) is 18.2 Å². The van der Waals surface area contributed by atoms with E-state index in [0.29, 0.717) is 49.3 Å². The number of ketones is 1. The van der Waals surface area contributed by atoms with Crippen LogP contribution in [-0.4, -0.2) is 152 Å². The third kappa shape index (κ3) is 10.9. The lowest BCUT2D eigenvalue weighted by molar-refractivity contribution is -0.136. The van der Waals surface area contributed by atoms with Crippen molar-refractivity contribution < 1.29 is 53.1 Å². The van der Waals surface area contributed by atoms with Gasteiger partial charge < -0.3 is 34.1 Å². The number of carbonyl (C=O) groups is 5. The van der Waals surface area contributed by atoms with Crippen LogP contribution in [0.4, 0.5) is 5.69 Å². The molecule has 3 aromatic rings. The highest BCUT2D eigenvalue weighted by Crippen LogP contribution is 2.35. The van der Waals surface area contributed by atoms with Crippen LogP contribution in [0.2, 0.25) is 5.02 Å². The average Bonchev–Trinajstić information content (AvgIpc) is 3.84. The summed E-state index contributed by atoms with van der Waals surface area (Å²) >= 11 is 6.71. The number of likely N-dealkylation sites (tertiary alicyclic amines) is 1. The predicted molar refractivity (Wildman–Crippen MR) is 234 cm³/mol. The zero-order valence-corrected chi connectivity index (χ0v) is 36.1. The highest BCUT2D eigenvalue weighted by atomic mass is 35.5. The van der Waals surface area contributed by atoms with Crippen molar-refractivity contribution in [1.29, 1.82) is 0 Å². The van der Waals surface area contributed by atoms with Crippen molar-refractivity contribution in [2.24, 2.45) is 0 Å². The standard InChI is InChI=1S/C46H54ClN5O11/c1-2-62-41-27-39(55)35(25-31(41)28-51-14-4-5-33(51)29-53)38(54)12-9-30-8-10-32(26-36(30)47)50-17-15-49(16-18-50)19-20-60-21-22-61-23-24-63-40-7-3-6-34-43(40)46(59)52(45(34)58)37-11-13-42(56)48-44(37)57/h3,6-10,12,25-27,33,37,53,55H,2,4-5,11,13-24,28-29H2,1H3,(H,48,56,57)/b12-9+/t33-,37?/m1/s1. The van der Waals surface area contributed by atoms with Gasteiger partial charge in [0.1, 0.15) is 29.9 Å². The van der Waals surface area contributed by atoms with Crippen LogP contribution < -0.4 is 19.7 Å². The summed E-state index contributed by atoms with van der Waals surface area (Å²) in [5.74, 6) is -2.08. The Kier molecular flexibility index (Phi) is 15.5. The number of imide groups is 2. The summed E-state index contributed by atoms with van der Waals surface area (Å²) in [6.45, 7) is 9.42. The van der Waals surface area contributed by atoms with Gasteiger partial charge in [0.2, 0.25) is 11.8 Å². The number of amides is 4. The predicted octanol–water partition coefficient (Wildman–Crippen LogP) is 3.93. The highest BCUT2D eigenvalue weighted by Gasteiger charge is 2.46. The van der Waals surface area contributed by atoms with Gasteiger partial charge in [-0.15, -0.1) is 0 Å². The topological polar surface area (TPSA) is 188 Å². The summed E-state index contributed by atoms with van der Waals surface area (Å²) in [6.07, 6.45) is 5.10. The van der Waals surface area contributed by atoms with Crippen molar-refractivity contribution in [2.45, 2.75) is 51.2 Å². The van der Waals surface area contributed by atoms with Crippen molar-refractivity contribution in [3.63, 3.8) is 0 Å². The molecule has 3 saturated heterocycles. The van der Waals surface area contributed by atoms with Gasteiger partial charge in [0.25, 0.3) is 11.8 Å². The minimum absolute atomic E-state index is 0.0440. The summed E-state index contributed by atoms with van der Waals surface area (Å²) < 4.78 is 23.1. The number of aromatic hydroxyl groups is 1. The van der Waals surface area contributed by atoms with Crippen molar-refractivity contribution in [2.75, 3.05) is 90.4 Å². The van der Waals surface area contributed by atoms with Crippen LogP contribution in [0.25, 0.3) is 6.08 Å².